The number of piperidine rings is 1. The molecule has 2 aromatic rings. The molecule has 146 valence electrons. The van der Waals surface area contributed by atoms with Gasteiger partial charge in [-0.3, -0.25) is 14.4 Å². The molecule has 0 unspecified atom stereocenters. The summed E-state index contributed by atoms with van der Waals surface area (Å²) in [6.07, 6.45) is 6.23. The molecule has 2 aliphatic heterocycles. The first-order valence-electron chi connectivity index (χ1n) is 9.42. The van der Waals surface area contributed by atoms with Crippen LogP contribution in [0.15, 0.2) is 12.4 Å². The number of carbonyl (C=O) groups is 1. The standard InChI is InChI=1S/C18H26N6O2S/c1-14-20-21-16(27-14)13-24-7-8-26-18(9-17(24)25)3-5-23(6-4-18)12-15-10-19-22(2)11-15/h10-11H,3-9,12-13H2,1-2H3. The van der Waals surface area contributed by atoms with Crippen molar-refractivity contribution in [2.24, 2.45) is 7.05 Å². The Labute approximate surface area is 163 Å². The summed E-state index contributed by atoms with van der Waals surface area (Å²) in [7, 11) is 1.94. The molecule has 0 atom stereocenters. The first-order valence-corrected chi connectivity index (χ1v) is 10.2. The summed E-state index contributed by atoms with van der Waals surface area (Å²) < 4.78 is 8.07. The number of hydrogen-bond acceptors (Lipinski definition) is 7. The van der Waals surface area contributed by atoms with Gasteiger partial charge in [0.2, 0.25) is 5.91 Å². The second kappa shape index (κ2) is 7.65. The zero-order valence-electron chi connectivity index (χ0n) is 15.9. The monoisotopic (exact) mass is 390 g/mol. The molecule has 8 nitrogen and oxygen atoms in total. The lowest BCUT2D eigenvalue weighted by atomic mass is 9.87. The van der Waals surface area contributed by atoms with E-state index >= 15 is 0 Å². The van der Waals surface area contributed by atoms with Gasteiger partial charge in [-0.15, -0.1) is 10.2 Å². The van der Waals surface area contributed by atoms with E-state index in [1.807, 2.05) is 29.7 Å². The number of aromatic nitrogens is 4. The quantitative estimate of drug-likeness (QED) is 0.785. The molecule has 2 aliphatic rings. The maximum atomic E-state index is 12.9. The zero-order valence-corrected chi connectivity index (χ0v) is 16.7. The molecule has 0 aliphatic carbocycles. The second-order valence-corrected chi connectivity index (χ2v) is 8.80. The Kier molecular flexibility index (Phi) is 5.25. The van der Waals surface area contributed by atoms with Crippen molar-refractivity contribution < 1.29 is 9.53 Å². The van der Waals surface area contributed by atoms with Crippen molar-refractivity contribution in [2.75, 3.05) is 26.2 Å². The van der Waals surface area contributed by atoms with E-state index in [-0.39, 0.29) is 11.5 Å². The third kappa shape index (κ3) is 4.36. The predicted molar refractivity (Wildman–Crippen MR) is 101 cm³/mol. The average Bonchev–Trinajstić information content (AvgIpc) is 3.20. The number of amides is 1. The minimum absolute atomic E-state index is 0.168. The van der Waals surface area contributed by atoms with Crippen molar-refractivity contribution in [3.63, 3.8) is 0 Å². The lowest BCUT2D eigenvalue weighted by Gasteiger charge is -2.40. The largest absolute Gasteiger partial charge is 0.373 e. The van der Waals surface area contributed by atoms with Gasteiger partial charge in [0.15, 0.2) is 0 Å². The highest BCUT2D eigenvalue weighted by Gasteiger charge is 2.40. The van der Waals surface area contributed by atoms with Gasteiger partial charge in [0.1, 0.15) is 10.0 Å². The predicted octanol–water partition coefficient (Wildman–Crippen LogP) is 1.36. The van der Waals surface area contributed by atoms with Crippen molar-refractivity contribution >= 4 is 17.2 Å². The van der Waals surface area contributed by atoms with Crippen molar-refractivity contribution in [2.45, 2.75) is 44.9 Å². The number of hydrogen-bond donors (Lipinski definition) is 0. The van der Waals surface area contributed by atoms with Crippen LogP contribution in [0.2, 0.25) is 0 Å². The van der Waals surface area contributed by atoms with Gasteiger partial charge in [0, 0.05) is 45.0 Å². The van der Waals surface area contributed by atoms with Gasteiger partial charge in [-0.1, -0.05) is 11.3 Å². The SMILES string of the molecule is Cc1nnc(CN2CCOC3(CCN(Cc4cnn(C)c4)CC3)CC2=O)s1. The van der Waals surface area contributed by atoms with Gasteiger partial charge in [-0.2, -0.15) is 5.10 Å². The Morgan fingerprint density at radius 2 is 2.04 bits per heavy atom. The van der Waals surface area contributed by atoms with Crippen molar-refractivity contribution in [3.8, 4) is 0 Å². The van der Waals surface area contributed by atoms with Crippen LogP contribution in [0.4, 0.5) is 0 Å². The normalized spacial score (nSPS) is 21.0. The molecule has 1 amide bonds. The van der Waals surface area contributed by atoms with Crippen LogP contribution in [0, 0.1) is 6.92 Å². The summed E-state index contributed by atoms with van der Waals surface area (Å²) in [5.41, 5.74) is 0.916. The second-order valence-electron chi connectivity index (χ2n) is 7.54. The Morgan fingerprint density at radius 1 is 1.22 bits per heavy atom. The first-order chi connectivity index (χ1) is 13.0. The summed E-state index contributed by atoms with van der Waals surface area (Å²) in [5.74, 6) is 0.168. The van der Waals surface area contributed by atoms with Gasteiger partial charge in [0.05, 0.1) is 31.4 Å². The van der Waals surface area contributed by atoms with E-state index in [4.69, 9.17) is 4.74 Å². The van der Waals surface area contributed by atoms with Crippen molar-refractivity contribution in [1.29, 1.82) is 0 Å². The summed E-state index contributed by atoms with van der Waals surface area (Å²) >= 11 is 1.55. The average molecular weight is 391 g/mol. The first kappa shape index (κ1) is 18.5. The summed E-state index contributed by atoms with van der Waals surface area (Å²) in [5, 5.41) is 14.3. The maximum absolute atomic E-state index is 12.9. The van der Waals surface area contributed by atoms with E-state index < -0.39 is 0 Å². The number of carbonyl (C=O) groups excluding carboxylic acids is 1. The van der Waals surface area contributed by atoms with Crippen LogP contribution in [0.25, 0.3) is 0 Å². The number of aryl methyl sites for hydroxylation is 2. The molecule has 0 bridgehead atoms. The fraction of sp³-hybridized carbons (Fsp3) is 0.667. The molecule has 2 aromatic heterocycles. The van der Waals surface area contributed by atoms with Gasteiger partial charge in [0.25, 0.3) is 0 Å². The van der Waals surface area contributed by atoms with E-state index in [9.17, 15) is 4.79 Å². The van der Waals surface area contributed by atoms with Crippen molar-refractivity contribution in [3.05, 3.63) is 28.0 Å². The third-order valence-electron chi connectivity index (χ3n) is 5.42. The van der Waals surface area contributed by atoms with Crippen LogP contribution in [0.1, 0.15) is 34.8 Å². The molecule has 2 saturated heterocycles. The Hall–Kier alpha value is -1.84. The van der Waals surface area contributed by atoms with Crippen molar-refractivity contribution in [1.82, 2.24) is 29.8 Å². The van der Waals surface area contributed by atoms with Crippen LogP contribution in [-0.4, -0.2) is 67.5 Å². The molecule has 0 aromatic carbocycles. The van der Waals surface area contributed by atoms with Gasteiger partial charge in [-0.05, 0) is 19.8 Å². The van der Waals surface area contributed by atoms with E-state index in [1.54, 1.807) is 11.3 Å². The molecule has 4 rings (SSSR count). The number of rotatable bonds is 4. The molecule has 0 N–H and O–H groups in total. The van der Waals surface area contributed by atoms with Crippen LogP contribution in [-0.2, 0) is 29.7 Å². The minimum atomic E-state index is -0.311. The van der Waals surface area contributed by atoms with E-state index in [0.29, 0.717) is 26.1 Å². The van der Waals surface area contributed by atoms with E-state index in [0.717, 1.165) is 42.5 Å². The van der Waals surface area contributed by atoms with Gasteiger partial charge < -0.3 is 9.64 Å². The minimum Gasteiger partial charge on any atom is -0.373 e. The highest BCUT2D eigenvalue weighted by Crippen LogP contribution is 2.33. The maximum Gasteiger partial charge on any atom is 0.225 e. The third-order valence-corrected chi connectivity index (χ3v) is 6.24. The summed E-state index contributed by atoms with van der Waals surface area (Å²) in [4.78, 5) is 17.1. The molecule has 1 spiro atoms. The molecular weight excluding hydrogens is 364 g/mol. The molecule has 4 heterocycles. The van der Waals surface area contributed by atoms with Crippen LogP contribution in [0.3, 0.4) is 0 Å². The van der Waals surface area contributed by atoms with Crippen LogP contribution < -0.4 is 0 Å². The molecular formula is C18H26N6O2S. The molecule has 2 fully saturated rings. The van der Waals surface area contributed by atoms with Crippen LogP contribution >= 0.6 is 11.3 Å². The Bertz CT molecular complexity index is 795. The lowest BCUT2D eigenvalue weighted by Crippen LogP contribution is -2.47. The Morgan fingerprint density at radius 3 is 2.70 bits per heavy atom. The fourth-order valence-electron chi connectivity index (χ4n) is 3.92. The highest BCUT2D eigenvalue weighted by atomic mass is 32.1. The number of nitrogens with zero attached hydrogens (tertiary/aromatic N) is 6. The number of ether oxygens (including phenoxy) is 1. The Balaban J connectivity index is 1.34. The topological polar surface area (TPSA) is 76.4 Å². The highest BCUT2D eigenvalue weighted by molar-refractivity contribution is 7.11. The zero-order chi connectivity index (χ0) is 18.9. The van der Waals surface area contributed by atoms with Gasteiger partial charge >= 0.3 is 0 Å². The summed E-state index contributed by atoms with van der Waals surface area (Å²) in [6.45, 7) is 6.47. The van der Waals surface area contributed by atoms with Crippen LogP contribution in [0.5, 0.6) is 0 Å². The molecule has 0 radical (unpaired) electrons. The van der Waals surface area contributed by atoms with E-state index in [1.165, 1.54) is 5.56 Å². The smallest absolute Gasteiger partial charge is 0.225 e. The lowest BCUT2D eigenvalue weighted by molar-refractivity contribution is -0.136. The molecule has 9 heteroatoms. The number of likely N-dealkylation sites (tertiary alicyclic amines) is 1. The van der Waals surface area contributed by atoms with E-state index in [2.05, 4.69) is 26.4 Å². The molecule has 27 heavy (non-hydrogen) atoms. The molecule has 0 saturated carbocycles. The summed E-state index contributed by atoms with van der Waals surface area (Å²) in [6, 6.07) is 0. The van der Waals surface area contributed by atoms with Gasteiger partial charge in [-0.25, -0.2) is 0 Å². The fourth-order valence-corrected chi connectivity index (χ4v) is 4.64.